The highest BCUT2D eigenvalue weighted by Crippen LogP contribution is 2.31. The van der Waals surface area contributed by atoms with Crippen LogP contribution in [0.3, 0.4) is 0 Å². The van der Waals surface area contributed by atoms with Crippen LogP contribution in [-0.4, -0.2) is 58.8 Å². The SMILES string of the molecule is CCCc1nc(C)cc(N2CCN(CC3CC3)[C@@H](CCO)C2)n1. The molecule has 0 radical (unpaired) electrons. The zero-order valence-electron chi connectivity index (χ0n) is 14.5. The summed E-state index contributed by atoms with van der Waals surface area (Å²) in [5.74, 6) is 2.93. The Morgan fingerprint density at radius 1 is 1.26 bits per heavy atom. The van der Waals surface area contributed by atoms with E-state index in [0.717, 1.165) is 62.2 Å². The van der Waals surface area contributed by atoms with Crippen LogP contribution in [0.2, 0.25) is 0 Å². The zero-order valence-corrected chi connectivity index (χ0v) is 14.5. The van der Waals surface area contributed by atoms with Crippen LogP contribution in [-0.2, 0) is 6.42 Å². The van der Waals surface area contributed by atoms with Crippen molar-refractivity contribution in [2.75, 3.05) is 37.7 Å². The molecule has 0 unspecified atom stereocenters. The molecule has 2 aliphatic rings. The van der Waals surface area contributed by atoms with Gasteiger partial charge in [0.1, 0.15) is 11.6 Å². The lowest BCUT2D eigenvalue weighted by atomic mass is 10.1. The summed E-state index contributed by atoms with van der Waals surface area (Å²) in [6.45, 7) is 8.77. The van der Waals surface area contributed by atoms with E-state index in [1.54, 1.807) is 0 Å². The van der Waals surface area contributed by atoms with E-state index in [9.17, 15) is 5.11 Å². The highest BCUT2D eigenvalue weighted by Gasteiger charge is 2.32. The van der Waals surface area contributed by atoms with Gasteiger partial charge in [-0.05, 0) is 38.5 Å². The van der Waals surface area contributed by atoms with Gasteiger partial charge in [-0.1, -0.05) is 6.92 Å². The van der Waals surface area contributed by atoms with Crippen molar-refractivity contribution in [1.29, 1.82) is 0 Å². The molecule has 1 atom stereocenters. The molecule has 2 fully saturated rings. The van der Waals surface area contributed by atoms with E-state index in [4.69, 9.17) is 4.98 Å². The summed E-state index contributed by atoms with van der Waals surface area (Å²) >= 11 is 0. The van der Waals surface area contributed by atoms with Crippen molar-refractivity contribution in [3.8, 4) is 0 Å². The molecule has 0 aromatic carbocycles. The number of hydrogen-bond donors (Lipinski definition) is 1. The fourth-order valence-electron chi connectivity index (χ4n) is 3.51. The van der Waals surface area contributed by atoms with Gasteiger partial charge in [0.05, 0.1) is 0 Å². The molecule has 0 amide bonds. The van der Waals surface area contributed by atoms with Gasteiger partial charge >= 0.3 is 0 Å². The van der Waals surface area contributed by atoms with E-state index in [0.29, 0.717) is 6.04 Å². The molecule has 0 bridgehead atoms. The highest BCUT2D eigenvalue weighted by molar-refractivity contribution is 5.40. The van der Waals surface area contributed by atoms with Crippen LogP contribution in [0.5, 0.6) is 0 Å². The van der Waals surface area contributed by atoms with Crippen LogP contribution in [0.1, 0.15) is 44.1 Å². The maximum absolute atomic E-state index is 9.43. The lowest BCUT2D eigenvalue weighted by Crippen LogP contribution is -2.54. The molecule has 1 N–H and O–H groups in total. The fourth-order valence-corrected chi connectivity index (χ4v) is 3.51. The van der Waals surface area contributed by atoms with E-state index in [2.05, 4.69) is 34.7 Å². The molecule has 1 aromatic rings. The van der Waals surface area contributed by atoms with Crippen LogP contribution in [0, 0.1) is 12.8 Å². The second kappa shape index (κ2) is 7.58. The van der Waals surface area contributed by atoms with Crippen LogP contribution in [0.25, 0.3) is 0 Å². The minimum Gasteiger partial charge on any atom is -0.396 e. The first kappa shape index (κ1) is 16.7. The molecule has 1 aromatic heterocycles. The van der Waals surface area contributed by atoms with Crippen molar-refractivity contribution in [1.82, 2.24) is 14.9 Å². The van der Waals surface area contributed by atoms with E-state index in [-0.39, 0.29) is 6.61 Å². The number of hydrogen-bond acceptors (Lipinski definition) is 5. The first-order chi connectivity index (χ1) is 11.2. The standard InChI is InChI=1S/C18H30N4O/c1-3-4-17-19-14(2)11-18(20-17)22-9-8-21(12-15-5-6-15)16(13-22)7-10-23/h11,15-16,23H,3-10,12-13H2,1-2H3/t16-/m0/s1. The Bertz CT molecular complexity index is 518. The Hall–Kier alpha value is -1.20. The van der Waals surface area contributed by atoms with Gasteiger partial charge < -0.3 is 10.0 Å². The fraction of sp³-hybridized carbons (Fsp3) is 0.778. The third-order valence-electron chi connectivity index (χ3n) is 4.94. The number of nitrogens with zero attached hydrogens (tertiary/aromatic N) is 4. The Morgan fingerprint density at radius 3 is 2.78 bits per heavy atom. The van der Waals surface area contributed by atoms with Crippen LogP contribution >= 0.6 is 0 Å². The third-order valence-corrected chi connectivity index (χ3v) is 4.94. The second-order valence-corrected chi connectivity index (χ2v) is 7.08. The molecule has 23 heavy (non-hydrogen) atoms. The van der Waals surface area contributed by atoms with E-state index in [1.807, 2.05) is 0 Å². The third kappa shape index (κ3) is 4.42. The quantitative estimate of drug-likeness (QED) is 0.833. The van der Waals surface area contributed by atoms with Crippen molar-refractivity contribution in [2.45, 2.75) is 52.0 Å². The molecule has 1 saturated heterocycles. The molecule has 5 nitrogen and oxygen atoms in total. The van der Waals surface area contributed by atoms with Crippen molar-refractivity contribution < 1.29 is 5.11 Å². The summed E-state index contributed by atoms with van der Waals surface area (Å²) in [4.78, 5) is 14.3. The predicted molar refractivity (Wildman–Crippen MR) is 92.8 cm³/mol. The monoisotopic (exact) mass is 318 g/mol. The summed E-state index contributed by atoms with van der Waals surface area (Å²) in [5, 5.41) is 9.43. The number of aliphatic hydroxyl groups excluding tert-OH is 1. The number of anilines is 1. The topological polar surface area (TPSA) is 52.5 Å². The average molecular weight is 318 g/mol. The largest absolute Gasteiger partial charge is 0.396 e. The smallest absolute Gasteiger partial charge is 0.132 e. The maximum atomic E-state index is 9.43. The van der Waals surface area contributed by atoms with Crippen molar-refractivity contribution >= 4 is 5.82 Å². The van der Waals surface area contributed by atoms with Crippen molar-refractivity contribution in [2.24, 2.45) is 5.92 Å². The minimum atomic E-state index is 0.267. The van der Waals surface area contributed by atoms with Gasteiger partial charge in [0.25, 0.3) is 0 Å². The van der Waals surface area contributed by atoms with Gasteiger partial charge in [-0.3, -0.25) is 4.90 Å². The van der Waals surface area contributed by atoms with Crippen LogP contribution < -0.4 is 4.90 Å². The zero-order chi connectivity index (χ0) is 16.2. The predicted octanol–water partition coefficient (Wildman–Crippen LogP) is 2.02. The van der Waals surface area contributed by atoms with Gasteiger partial charge in [0, 0.05) is 57.0 Å². The Kier molecular flexibility index (Phi) is 5.49. The molecule has 128 valence electrons. The number of rotatable bonds is 7. The molecule has 1 aliphatic carbocycles. The molecule has 0 spiro atoms. The Balaban J connectivity index is 1.70. The van der Waals surface area contributed by atoms with Gasteiger partial charge in [0.15, 0.2) is 0 Å². The van der Waals surface area contributed by atoms with Gasteiger partial charge in [-0.25, -0.2) is 9.97 Å². The second-order valence-electron chi connectivity index (χ2n) is 7.08. The summed E-state index contributed by atoms with van der Waals surface area (Å²) < 4.78 is 0. The lowest BCUT2D eigenvalue weighted by molar-refractivity contribution is 0.137. The number of aryl methyl sites for hydroxylation is 2. The molecule has 2 heterocycles. The molecule has 3 rings (SSSR count). The highest BCUT2D eigenvalue weighted by atomic mass is 16.3. The minimum absolute atomic E-state index is 0.267. The van der Waals surface area contributed by atoms with E-state index < -0.39 is 0 Å². The van der Waals surface area contributed by atoms with Crippen LogP contribution in [0.15, 0.2) is 6.07 Å². The van der Waals surface area contributed by atoms with Gasteiger partial charge in [-0.15, -0.1) is 0 Å². The van der Waals surface area contributed by atoms with E-state index in [1.165, 1.54) is 19.4 Å². The molecular formula is C18H30N4O. The summed E-state index contributed by atoms with van der Waals surface area (Å²) in [6, 6.07) is 2.55. The molecular weight excluding hydrogens is 288 g/mol. The summed E-state index contributed by atoms with van der Waals surface area (Å²) in [5.41, 5.74) is 1.05. The maximum Gasteiger partial charge on any atom is 0.132 e. The van der Waals surface area contributed by atoms with Crippen LogP contribution in [0.4, 0.5) is 5.82 Å². The first-order valence-corrected chi connectivity index (χ1v) is 9.14. The lowest BCUT2D eigenvalue weighted by Gasteiger charge is -2.42. The molecule has 5 heteroatoms. The molecule has 1 aliphatic heterocycles. The number of aromatic nitrogens is 2. The number of piperazine rings is 1. The first-order valence-electron chi connectivity index (χ1n) is 9.14. The molecule has 1 saturated carbocycles. The average Bonchev–Trinajstić information content (AvgIpc) is 3.33. The Morgan fingerprint density at radius 2 is 2.09 bits per heavy atom. The van der Waals surface area contributed by atoms with Gasteiger partial charge in [0.2, 0.25) is 0 Å². The van der Waals surface area contributed by atoms with Gasteiger partial charge in [-0.2, -0.15) is 0 Å². The Labute approximate surface area is 139 Å². The summed E-state index contributed by atoms with van der Waals surface area (Å²) in [7, 11) is 0. The van der Waals surface area contributed by atoms with Crippen molar-refractivity contribution in [3.63, 3.8) is 0 Å². The normalized spacial score (nSPS) is 22.6. The van der Waals surface area contributed by atoms with Crippen molar-refractivity contribution in [3.05, 3.63) is 17.6 Å². The van der Waals surface area contributed by atoms with E-state index >= 15 is 0 Å². The number of aliphatic hydroxyl groups is 1. The summed E-state index contributed by atoms with van der Waals surface area (Å²) in [6.07, 6.45) is 5.64.